The van der Waals surface area contributed by atoms with Crippen molar-refractivity contribution in [3.63, 3.8) is 0 Å². The summed E-state index contributed by atoms with van der Waals surface area (Å²) in [5.41, 5.74) is 0.182. The number of hydrogen-bond donors (Lipinski definition) is 0. The van der Waals surface area contributed by atoms with Crippen LogP contribution < -0.4 is 0 Å². The van der Waals surface area contributed by atoms with Crippen LogP contribution in [0.2, 0.25) is 0 Å². The molecule has 1 aliphatic heterocycles. The second-order valence-corrected chi connectivity index (χ2v) is 3.94. The van der Waals surface area contributed by atoms with Gasteiger partial charge in [-0.2, -0.15) is 0 Å². The standard InChI is InChI=1S/C10H15NO3S/c1-4-14-10(13)8(7(2)12)9(15-3)11-5-6-11/h4-6H2,1-3H3. The van der Waals surface area contributed by atoms with E-state index < -0.39 is 5.97 Å². The quantitative estimate of drug-likeness (QED) is 0.232. The number of carbonyl (C=O) groups excluding carboxylic acids is 2. The second-order valence-electron chi connectivity index (χ2n) is 3.15. The summed E-state index contributed by atoms with van der Waals surface area (Å²) in [6.45, 7) is 5.23. The average Bonchev–Trinajstić information content (AvgIpc) is 2.96. The third kappa shape index (κ3) is 2.99. The molecule has 0 saturated carbocycles. The molecule has 5 heteroatoms. The van der Waals surface area contributed by atoms with E-state index in [1.54, 1.807) is 6.92 Å². The number of carbonyl (C=O) groups is 2. The van der Waals surface area contributed by atoms with Crippen molar-refractivity contribution in [1.29, 1.82) is 0 Å². The molecule has 1 aliphatic rings. The van der Waals surface area contributed by atoms with Crippen LogP contribution in [0.15, 0.2) is 10.6 Å². The number of hydrogen-bond acceptors (Lipinski definition) is 5. The minimum Gasteiger partial charge on any atom is -0.462 e. The second kappa shape index (κ2) is 5.21. The van der Waals surface area contributed by atoms with Crippen molar-refractivity contribution >= 4 is 23.5 Å². The summed E-state index contributed by atoms with van der Waals surface area (Å²) in [6.07, 6.45) is 1.86. The molecule has 0 atom stereocenters. The summed E-state index contributed by atoms with van der Waals surface area (Å²) in [5.74, 6) is -0.744. The van der Waals surface area contributed by atoms with Crippen LogP contribution in [0.1, 0.15) is 13.8 Å². The van der Waals surface area contributed by atoms with Gasteiger partial charge in [0.15, 0.2) is 5.78 Å². The molecule has 0 aliphatic carbocycles. The first-order chi connectivity index (χ1) is 7.11. The molecule has 1 fully saturated rings. The van der Waals surface area contributed by atoms with Crippen LogP contribution in [0.25, 0.3) is 0 Å². The van der Waals surface area contributed by atoms with E-state index >= 15 is 0 Å². The molecule has 0 N–H and O–H groups in total. The van der Waals surface area contributed by atoms with Gasteiger partial charge in [-0.3, -0.25) is 4.79 Å². The Morgan fingerprint density at radius 2 is 2.00 bits per heavy atom. The third-order valence-corrected chi connectivity index (χ3v) is 2.82. The predicted molar refractivity (Wildman–Crippen MR) is 59.4 cm³/mol. The van der Waals surface area contributed by atoms with Gasteiger partial charge < -0.3 is 9.64 Å². The Kier molecular flexibility index (Phi) is 4.20. The van der Waals surface area contributed by atoms with E-state index in [0.717, 1.165) is 18.1 Å². The van der Waals surface area contributed by atoms with Crippen molar-refractivity contribution in [3.8, 4) is 0 Å². The number of esters is 1. The fourth-order valence-corrected chi connectivity index (χ4v) is 2.10. The smallest absolute Gasteiger partial charge is 0.344 e. The van der Waals surface area contributed by atoms with E-state index in [4.69, 9.17) is 4.74 Å². The molecule has 0 aromatic carbocycles. The number of thioether (sulfide) groups is 1. The number of ether oxygens (including phenoxy) is 1. The monoisotopic (exact) mass is 229 g/mol. The van der Waals surface area contributed by atoms with Gasteiger partial charge in [0.2, 0.25) is 0 Å². The summed E-state index contributed by atoms with van der Waals surface area (Å²) in [4.78, 5) is 25.0. The maximum atomic E-state index is 11.6. The van der Waals surface area contributed by atoms with E-state index in [2.05, 4.69) is 0 Å². The molecule has 0 amide bonds. The fourth-order valence-electron chi connectivity index (χ4n) is 1.23. The van der Waals surface area contributed by atoms with Crippen LogP contribution in [-0.4, -0.2) is 42.6 Å². The van der Waals surface area contributed by atoms with Gasteiger partial charge in [0.25, 0.3) is 0 Å². The topological polar surface area (TPSA) is 46.4 Å². The van der Waals surface area contributed by atoms with E-state index in [9.17, 15) is 9.59 Å². The maximum absolute atomic E-state index is 11.6. The normalized spacial score (nSPS) is 15.8. The molecule has 0 unspecified atom stereocenters. The molecular formula is C10H15NO3S. The Hall–Kier alpha value is -0.970. The minimum atomic E-state index is -0.513. The van der Waals surface area contributed by atoms with Crippen molar-refractivity contribution in [2.24, 2.45) is 0 Å². The first-order valence-electron chi connectivity index (χ1n) is 4.83. The molecular weight excluding hydrogens is 214 g/mol. The average molecular weight is 229 g/mol. The van der Waals surface area contributed by atoms with Gasteiger partial charge in [0.1, 0.15) is 5.57 Å². The summed E-state index contributed by atoms with van der Waals surface area (Å²) >= 11 is 1.42. The Labute approximate surface area is 93.6 Å². The molecule has 0 spiro atoms. The number of nitrogens with zero attached hydrogens (tertiary/aromatic N) is 1. The Balaban J connectivity index is 2.97. The Morgan fingerprint density at radius 3 is 2.33 bits per heavy atom. The van der Waals surface area contributed by atoms with Crippen LogP contribution in [0, 0.1) is 0 Å². The number of Topliss-reactive ketones (excluding diaryl/α,β-unsaturated/α-hetero) is 1. The SMILES string of the molecule is CCOC(=O)C(C(C)=O)=C(SC)N1CC1. The summed E-state index contributed by atoms with van der Waals surface area (Å²) in [7, 11) is 0. The van der Waals surface area contributed by atoms with Crippen LogP contribution in [0.5, 0.6) is 0 Å². The third-order valence-electron chi connectivity index (χ3n) is 1.97. The van der Waals surface area contributed by atoms with E-state index in [1.165, 1.54) is 18.7 Å². The van der Waals surface area contributed by atoms with Crippen LogP contribution in [0.4, 0.5) is 0 Å². The first-order valence-corrected chi connectivity index (χ1v) is 6.05. The van der Waals surface area contributed by atoms with Crippen molar-refractivity contribution in [3.05, 3.63) is 10.6 Å². The lowest BCUT2D eigenvalue weighted by Crippen LogP contribution is -2.17. The van der Waals surface area contributed by atoms with Gasteiger partial charge in [-0.1, -0.05) is 0 Å². The maximum Gasteiger partial charge on any atom is 0.344 e. The molecule has 1 saturated heterocycles. The zero-order valence-electron chi connectivity index (χ0n) is 9.20. The molecule has 1 heterocycles. The lowest BCUT2D eigenvalue weighted by molar-refractivity contribution is -0.139. The van der Waals surface area contributed by atoms with Crippen molar-refractivity contribution in [2.45, 2.75) is 13.8 Å². The van der Waals surface area contributed by atoms with Crippen molar-refractivity contribution < 1.29 is 14.3 Å². The van der Waals surface area contributed by atoms with E-state index in [1.807, 2.05) is 11.2 Å². The molecule has 0 radical (unpaired) electrons. The molecule has 4 nitrogen and oxygen atoms in total. The summed E-state index contributed by atoms with van der Waals surface area (Å²) in [5, 5.41) is 0.737. The van der Waals surface area contributed by atoms with Crippen LogP contribution >= 0.6 is 11.8 Å². The van der Waals surface area contributed by atoms with Crippen LogP contribution in [0.3, 0.4) is 0 Å². The zero-order chi connectivity index (χ0) is 11.4. The highest BCUT2D eigenvalue weighted by Gasteiger charge is 2.29. The first kappa shape index (κ1) is 12.1. The van der Waals surface area contributed by atoms with Gasteiger partial charge in [0.05, 0.1) is 11.6 Å². The van der Waals surface area contributed by atoms with Gasteiger partial charge in [-0.25, -0.2) is 4.79 Å². The molecule has 15 heavy (non-hydrogen) atoms. The summed E-state index contributed by atoms with van der Waals surface area (Å²) in [6, 6.07) is 0. The molecule has 0 aromatic rings. The predicted octanol–water partition coefficient (Wildman–Crippen LogP) is 1.03. The minimum absolute atomic E-state index is 0.182. The van der Waals surface area contributed by atoms with Crippen molar-refractivity contribution in [2.75, 3.05) is 26.0 Å². The highest BCUT2D eigenvalue weighted by molar-refractivity contribution is 8.02. The number of rotatable bonds is 5. The molecule has 0 bridgehead atoms. The Morgan fingerprint density at radius 1 is 1.40 bits per heavy atom. The summed E-state index contributed by atoms with van der Waals surface area (Å²) < 4.78 is 4.87. The van der Waals surface area contributed by atoms with E-state index in [0.29, 0.717) is 0 Å². The lowest BCUT2D eigenvalue weighted by atomic mass is 10.2. The molecule has 84 valence electrons. The highest BCUT2D eigenvalue weighted by Crippen LogP contribution is 2.28. The van der Waals surface area contributed by atoms with Gasteiger partial charge in [-0.15, -0.1) is 11.8 Å². The highest BCUT2D eigenvalue weighted by atomic mass is 32.2. The van der Waals surface area contributed by atoms with Gasteiger partial charge in [-0.05, 0) is 20.1 Å². The van der Waals surface area contributed by atoms with Crippen LogP contribution in [-0.2, 0) is 14.3 Å². The molecule has 1 rings (SSSR count). The zero-order valence-corrected chi connectivity index (χ0v) is 10.0. The van der Waals surface area contributed by atoms with E-state index in [-0.39, 0.29) is 18.0 Å². The fraction of sp³-hybridized carbons (Fsp3) is 0.600. The van der Waals surface area contributed by atoms with Crippen molar-refractivity contribution in [1.82, 2.24) is 4.90 Å². The number of ketones is 1. The van der Waals surface area contributed by atoms with Gasteiger partial charge >= 0.3 is 5.97 Å². The Bertz CT molecular complexity index is 308. The lowest BCUT2D eigenvalue weighted by Gasteiger charge is -2.11. The largest absolute Gasteiger partial charge is 0.462 e. The van der Waals surface area contributed by atoms with Gasteiger partial charge in [0, 0.05) is 13.1 Å². The molecule has 0 aromatic heterocycles.